The number of benzene rings is 2. The average Bonchev–Trinajstić information content (AvgIpc) is 3.22. The third-order valence-electron chi connectivity index (χ3n) is 4.23. The first-order valence-electron chi connectivity index (χ1n) is 9.29. The minimum atomic E-state index is 0.464. The van der Waals surface area contributed by atoms with Gasteiger partial charge in [0.05, 0.1) is 12.9 Å². The summed E-state index contributed by atoms with van der Waals surface area (Å²) in [5.41, 5.74) is 3.34. The predicted octanol–water partition coefficient (Wildman–Crippen LogP) is 3.73. The lowest BCUT2D eigenvalue weighted by atomic mass is 10.2. The van der Waals surface area contributed by atoms with Crippen molar-refractivity contribution >= 4 is 28.6 Å². The number of aromatic nitrogens is 4. The molecular weight excluding hydrogens is 368 g/mol. The number of anilines is 3. The highest BCUT2D eigenvalue weighted by molar-refractivity contribution is 5.84. The smallest absolute Gasteiger partial charge is 0.231 e. The minimum Gasteiger partial charge on any atom is -0.491 e. The Kier molecular flexibility index (Phi) is 5.82. The normalized spacial score (nSPS) is 10.8. The zero-order valence-electron chi connectivity index (χ0n) is 16.1. The number of aromatic amines is 1. The van der Waals surface area contributed by atoms with E-state index in [1.807, 2.05) is 42.5 Å². The molecule has 3 N–H and O–H groups in total. The van der Waals surface area contributed by atoms with Gasteiger partial charge in [0.15, 0.2) is 11.5 Å². The topological polar surface area (TPSA) is 97.0 Å². The van der Waals surface area contributed by atoms with Crippen molar-refractivity contribution in [2.24, 2.45) is 0 Å². The molecule has 2 aromatic heterocycles. The monoisotopic (exact) mass is 390 g/mol. The van der Waals surface area contributed by atoms with Gasteiger partial charge in [0.1, 0.15) is 17.9 Å². The van der Waals surface area contributed by atoms with Crippen LogP contribution < -0.4 is 15.4 Å². The van der Waals surface area contributed by atoms with Crippen molar-refractivity contribution in [2.75, 3.05) is 31.0 Å². The summed E-state index contributed by atoms with van der Waals surface area (Å²) in [4.78, 5) is 16.5. The van der Waals surface area contributed by atoms with E-state index in [0.717, 1.165) is 17.0 Å². The Morgan fingerprint density at radius 2 is 1.90 bits per heavy atom. The largest absolute Gasteiger partial charge is 0.491 e. The van der Waals surface area contributed by atoms with Crippen molar-refractivity contribution < 1.29 is 9.47 Å². The van der Waals surface area contributed by atoms with Gasteiger partial charge in [-0.15, -0.1) is 0 Å². The molecule has 0 atom stereocenters. The molecule has 29 heavy (non-hydrogen) atoms. The summed E-state index contributed by atoms with van der Waals surface area (Å²) >= 11 is 0. The van der Waals surface area contributed by atoms with E-state index < -0.39 is 0 Å². The van der Waals surface area contributed by atoms with E-state index in [0.29, 0.717) is 42.7 Å². The third kappa shape index (κ3) is 4.80. The van der Waals surface area contributed by atoms with Gasteiger partial charge in [0.2, 0.25) is 5.95 Å². The van der Waals surface area contributed by atoms with Gasteiger partial charge in [-0.1, -0.05) is 36.4 Å². The molecule has 0 amide bonds. The van der Waals surface area contributed by atoms with Gasteiger partial charge in [-0.25, -0.2) is 4.98 Å². The summed E-state index contributed by atoms with van der Waals surface area (Å²) in [5, 5.41) is 6.58. The maximum Gasteiger partial charge on any atom is 0.231 e. The molecule has 0 spiro atoms. The molecule has 8 nitrogen and oxygen atoms in total. The van der Waals surface area contributed by atoms with Crippen molar-refractivity contribution in [3.63, 3.8) is 0 Å². The predicted molar refractivity (Wildman–Crippen MR) is 113 cm³/mol. The second-order valence-corrected chi connectivity index (χ2v) is 6.33. The molecule has 4 aromatic rings. The number of nitrogens with zero attached hydrogens (tertiary/aromatic N) is 3. The Balaban J connectivity index is 1.53. The van der Waals surface area contributed by atoms with Crippen molar-refractivity contribution in [3.05, 3.63) is 66.5 Å². The first-order chi connectivity index (χ1) is 14.3. The highest BCUT2D eigenvalue weighted by atomic mass is 16.5. The minimum absolute atomic E-state index is 0.464. The van der Waals surface area contributed by atoms with Gasteiger partial charge >= 0.3 is 0 Å². The molecule has 0 radical (unpaired) electrons. The fourth-order valence-corrected chi connectivity index (χ4v) is 2.83. The van der Waals surface area contributed by atoms with E-state index in [4.69, 9.17) is 9.47 Å². The van der Waals surface area contributed by atoms with Gasteiger partial charge in [0.25, 0.3) is 0 Å². The number of imidazole rings is 1. The van der Waals surface area contributed by atoms with E-state index in [2.05, 4.69) is 42.7 Å². The number of rotatable bonds is 9. The van der Waals surface area contributed by atoms with Crippen molar-refractivity contribution in [2.45, 2.75) is 6.54 Å². The van der Waals surface area contributed by atoms with Crippen LogP contribution in [-0.2, 0) is 11.3 Å². The fraction of sp³-hybridized carbons (Fsp3) is 0.190. The molecule has 2 heterocycles. The van der Waals surface area contributed by atoms with E-state index in [9.17, 15) is 0 Å². The molecule has 2 aromatic carbocycles. The van der Waals surface area contributed by atoms with Crippen molar-refractivity contribution in [1.29, 1.82) is 0 Å². The molecule has 0 saturated carbocycles. The van der Waals surface area contributed by atoms with Gasteiger partial charge in [-0.2, -0.15) is 9.97 Å². The van der Waals surface area contributed by atoms with Crippen molar-refractivity contribution in [3.8, 4) is 5.75 Å². The van der Waals surface area contributed by atoms with E-state index >= 15 is 0 Å². The number of methoxy groups -OCH3 is 1. The first kappa shape index (κ1) is 18.7. The maximum absolute atomic E-state index is 5.66. The Bertz CT molecular complexity index is 1070. The molecule has 0 aliphatic heterocycles. The van der Waals surface area contributed by atoms with Crippen LogP contribution in [0, 0.1) is 0 Å². The van der Waals surface area contributed by atoms with Crippen LogP contribution in [0.1, 0.15) is 5.56 Å². The lowest BCUT2D eigenvalue weighted by Crippen LogP contribution is -2.06. The van der Waals surface area contributed by atoms with Crippen LogP contribution in [0.25, 0.3) is 11.2 Å². The number of ether oxygens (including phenoxy) is 2. The third-order valence-corrected chi connectivity index (χ3v) is 4.23. The summed E-state index contributed by atoms with van der Waals surface area (Å²) in [7, 11) is 1.65. The van der Waals surface area contributed by atoms with Gasteiger partial charge in [0, 0.05) is 25.4 Å². The van der Waals surface area contributed by atoms with Gasteiger partial charge in [-0.3, -0.25) is 0 Å². The second kappa shape index (κ2) is 9.03. The van der Waals surface area contributed by atoms with Crippen molar-refractivity contribution in [1.82, 2.24) is 19.9 Å². The number of fused-ring (bicyclic) bond motifs is 1. The van der Waals surface area contributed by atoms with Crippen LogP contribution in [0.2, 0.25) is 0 Å². The zero-order valence-corrected chi connectivity index (χ0v) is 16.1. The van der Waals surface area contributed by atoms with Crippen LogP contribution in [-0.4, -0.2) is 40.3 Å². The highest BCUT2D eigenvalue weighted by Gasteiger charge is 2.11. The molecule has 0 bridgehead atoms. The average molecular weight is 390 g/mol. The van der Waals surface area contributed by atoms with Gasteiger partial charge in [-0.05, 0) is 17.7 Å². The lowest BCUT2D eigenvalue weighted by Gasteiger charge is -2.11. The summed E-state index contributed by atoms with van der Waals surface area (Å²) < 4.78 is 10.7. The molecule has 0 saturated heterocycles. The summed E-state index contributed by atoms with van der Waals surface area (Å²) in [6.07, 6.45) is 1.61. The Hall–Kier alpha value is -3.65. The highest BCUT2D eigenvalue weighted by Crippen LogP contribution is 2.23. The zero-order chi connectivity index (χ0) is 19.9. The number of hydrogen-bond acceptors (Lipinski definition) is 7. The fourth-order valence-electron chi connectivity index (χ4n) is 2.83. The van der Waals surface area contributed by atoms with E-state index in [-0.39, 0.29) is 0 Å². The number of hydrogen-bond donors (Lipinski definition) is 3. The summed E-state index contributed by atoms with van der Waals surface area (Å²) in [6.45, 7) is 1.67. The molecule has 4 rings (SSSR count). The Morgan fingerprint density at radius 1 is 1.00 bits per heavy atom. The standard InChI is InChI=1S/C21H22N6O2/c1-28-10-11-29-17-9-5-8-16(12-17)25-21-26-19(18-20(27-21)24-14-23-18)22-13-15-6-3-2-4-7-15/h2-9,12,14H,10-11,13H2,1H3,(H3,22,23,24,25,26,27). The van der Waals surface area contributed by atoms with Crippen LogP contribution in [0.15, 0.2) is 60.9 Å². The molecule has 0 unspecified atom stereocenters. The first-order valence-corrected chi connectivity index (χ1v) is 9.29. The maximum atomic E-state index is 5.66. The van der Waals surface area contributed by atoms with Crippen LogP contribution in [0.3, 0.4) is 0 Å². The number of H-pyrrole nitrogens is 1. The SMILES string of the molecule is COCCOc1cccc(Nc2nc(NCc3ccccc3)c3nc[nH]c3n2)c1. The summed E-state index contributed by atoms with van der Waals surface area (Å²) in [5.74, 6) is 1.87. The molecule has 0 fully saturated rings. The quantitative estimate of drug-likeness (QED) is 0.375. The molecular formula is C21H22N6O2. The van der Waals surface area contributed by atoms with E-state index in [1.54, 1.807) is 13.4 Å². The number of nitrogens with one attached hydrogen (secondary N) is 3. The lowest BCUT2D eigenvalue weighted by molar-refractivity contribution is 0.146. The Labute approximate surface area is 168 Å². The Morgan fingerprint density at radius 3 is 2.76 bits per heavy atom. The van der Waals surface area contributed by atoms with Crippen LogP contribution >= 0.6 is 0 Å². The molecule has 8 heteroatoms. The van der Waals surface area contributed by atoms with Crippen LogP contribution in [0.5, 0.6) is 5.75 Å². The molecule has 148 valence electrons. The van der Waals surface area contributed by atoms with Crippen LogP contribution in [0.4, 0.5) is 17.5 Å². The van der Waals surface area contributed by atoms with Gasteiger partial charge < -0.3 is 25.1 Å². The molecule has 0 aliphatic carbocycles. The summed E-state index contributed by atoms with van der Waals surface area (Å²) in [6, 6.07) is 17.8. The molecule has 0 aliphatic rings. The van der Waals surface area contributed by atoms with E-state index in [1.165, 1.54) is 0 Å². The second-order valence-electron chi connectivity index (χ2n) is 6.33.